The van der Waals surface area contributed by atoms with E-state index in [-0.39, 0.29) is 12.5 Å². The molecule has 2 aromatic carbocycles. The van der Waals surface area contributed by atoms with Crippen LogP contribution in [0.1, 0.15) is 32.8 Å². The van der Waals surface area contributed by atoms with Crippen LogP contribution in [0.4, 0.5) is 4.79 Å². The Morgan fingerprint density at radius 1 is 0.816 bits per heavy atom. The van der Waals surface area contributed by atoms with Gasteiger partial charge >= 0.3 is 12.1 Å². The summed E-state index contributed by atoms with van der Waals surface area (Å²) in [7, 11) is 0. The summed E-state index contributed by atoms with van der Waals surface area (Å²) in [6.45, 7) is 4.36. The highest BCUT2D eigenvalue weighted by molar-refractivity contribution is 5.96. The molecule has 0 spiro atoms. The van der Waals surface area contributed by atoms with Crippen molar-refractivity contribution in [2.45, 2.75) is 51.9 Å². The Kier molecular flexibility index (Phi) is 11.8. The Morgan fingerprint density at radius 3 is 2.00 bits per heavy atom. The van der Waals surface area contributed by atoms with Crippen molar-refractivity contribution in [1.82, 2.24) is 16.0 Å². The van der Waals surface area contributed by atoms with Crippen LogP contribution in [0.25, 0.3) is 0 Å². The minimum Gasteiger partial charge on any atom is -0.486 e. The quantitative estimate of drug-likeness (QED) is 0.290. The second kappa shape index (κ2) is 15.0. The lowest BCUT2D eigenvalue weighted by Gasteiger charge is -2.24. The molecule has 3 amide bonds. The van der Waals surface area contributed by atoms with Gasteiger partial charge in [0.05, 0.1) is 6.42 Å². The summed E-state index contributed by atoms with van der Waals surface area (Å²) >= 11 is 0. The third-order valence-corrected chi connectivity index (χ3v) is 5.40. The first-order valence-electron chi connectivity index (χ1n) is 12.1. The highest BCUT2D eigenvalue weighted by atomic mass is 16.5. The Labute approximate surface area is 220 Å². The van der Waals surface area contributed by atoms with Gasteiger partial charge < -0.3 is 30.5 Å². The maximum Gasteiger partial charge on any atom is 0.408 e. The van der Waals surface area contributed by atoms with Crippen LogP contribution in [-0.4, -0.2) is 59.5 Å². The maximum absolute atomic E-state index is 12.8. The number of ketones is 1. The number of Topliss-reactive ketones (excluding diaryl/α,β-unsaturated/α-hetero) is 1. The van der Waals surface area contributed by atoms with E-state index in [0.29, 0.717) is 5.75 Å². The van der Waals surface area contributed by atoms with Crippen LogP contribution >= 0.6 is 0 Å². The molecule has 3 atom stereocenters. The highest BCUT2D eigenvalue weighted by Crippen LogP contribution is 2.09. The molecule has 0 aliphatic heterocycles. The van der Waals surface area contributed by atoms with Gasteiger partial charge in [-0.1, -0.05) is 62.4 Å². The monoisotopic (exact) mass is 527 g/mol. The first-order valence-corrected chi connectivity index (χ1v) is 12.1. The molecule has 204 valence electrons. The number of carboxylic acids is 1. The number of benzene rings is 2. The summed E-state index contributed by atoms with van der Waals surface area (Å²) in [5.74, 6) is -3.29. The standard InChI is InChI=1S/C27H33N3O8/c1-17(2)24(30-27(36)38-15-19-10-6-4-7-11-19)26(35)28-18(3)25(34)29-21(14-23(32)33)22(31)16-37-20-12-8-5-9-13-20/h4-13,17-18,21,24H,14-16H2,1-3H3,(H,28,35)(H,29,34)(H,30,36)(H,32,33)/t18-,21-,24-/m0/s1. The van der Waals surface area contributed by atoms with Crippen LogP contribution in [0.2, 0.25) is 0 Å². The number of aliphatic carboxylic acids is 1. The zero-order valence-corrected chi connectivity index (χ0v) is 21.5. The van der Waals surface area contributed by atoms with E-state index in [4.69, 9.17) is 9.47 Å². The van der Waals surface area contributed by atoms with Gasteiger partial charge in [0.2, 0.25) is 11.8 Å². The fraction of sp³-hybridized carbons (Fsp3) is 0.370. The Balaban J connectivity index is 1.92. The molecule has 0 saturated carbocycles. The zero-order chi connectivity index (χ0) is 28.1. The number of para-hydroxylation sites is 1. The van der Waals surface area contributed by atoms with Gasteiger partial charge in [-0.3, -0.25) is 19.2 Å². The molecule has 0 aliphatic carbocycles. The van der Waals surface area contributed by atoms with E-state index in [0.717, 1.165) is 5.56 Å². The van der Waals surface area contributed by atoms with Crippen molar-refractivity contribution in [2.24, 2.45) is 5.92 Å². The third kappa shape index (κ3) is 10.3. The molecule has 0 bridgehead atoms. The van der Waals surface area contributed by atoms with Crippen LogP contribution in [0, 0.1) is 5.92 Å². The number of hydrogen-bond acceptors (Lipinski definition) is 7. The first-order chi connectivity index (χ1) is 18.1. The van der Waals surface area contributed by atoms with Crippen molar-refractivity contribution in [3.8, 4) is 5.75 Å². The molecule has 11 nitrogen and oxygen atoms in total. The Hall–Kier alpha value is -4.41. The smallest absolute Gasteiger partial charge is 0.408 e. The van der Waals surface area contributed by atoms with Crippen LogP contribution in [0.3, 0.4) is 0 Å². The molecule has 0 saturated heterocycles. The van der Waals surface area contributed by atoms with Gasteiger partial charge in [-0.25, -0.2) is 4.79 Å². The molecule has 0 aliphatic rings. The molecule has 0 radical (unpaired) electrons. The zero-order valence-electron chi connectivity index (χ0n) is 21.5. The Morgan fingerprint density at radius 2 is 1.42 bits per heavy atom. The summed E-state index contributed by atoms with van der Waals surface area (Å²) < 4.78 is 10.5. The van der Waals surface area contributed by atoms with E-state index < -0.39 is 60.8 Å². The van der Waals surface area contributed by atoms with Crippen molar-refractivity contribution < 1.29 is 38.6 Å². The minimum absolute atomic E-state index is 0.0187. The third-order valence-electron chi connectivity index (χ3n) is 5.40. The SMILES string of the molecule is CC(C)[C@H](NC(=O)OCc1ccccc1)C(=O)N[C@@H](C)C(=O)N[C@@H](CC(=O)O)C(=O)COc1ccccc1. The number of amides is 3. The number of carboxylic acid groups (broad SMARTS) is 1. The van der Waals surface area contributed by atoms with E-state index in [2.05, 4.69) is 16.0 Å². The van der Waals surface area contributed by atoms with Gasteiger partial charge in [0.1, 0.15) is 37.1 Å². The maximum atomic E-state index is 12.8. The van der Waals surface area contributed by atoms with Gasteiger partial charge in [-0.2, -0.15) is 0 Å². The molecular formula is C27H33N3O8. The largest absolute Gasteiger partial charge is 0.486 e. The van der Waals surface area contributed by atoms with Gasteiger partial charge in [0.15, 0.2) is 5.78 Å². The van der Waals surface area contributed by atoms with E-state index in [1.165, 1.54) is 6.92 Å². The van der Waals surface area contributed by atoms with Crippen molar-refractivity contribution in [2.75, 3.05) is 6.61 Å². The second-order valence-electron chi connectivity index (χ2n) is 8.89. The number of carbonyl (C=O) groups excluding carboxylic acids is 4. The van der Waals surface area contributed by atoms with Gasteiger partial charge in [0, 0.05) is 0 Å². The van der Waals surface area contributed by atoms with E-state index in [1.807, 2.05) is 6.07 Å². The molecular weight excluding hydrogens is 494 g/mol. The number of ether oxygens (including phenoxy) is 2. The predicted molar refractivity (Wildman–Crippen MR) is 137 cm³/mol. The number of carbonyl (C=O) groups is 5. The number of nitrogens with one attached hydrogen (secondary N) is 3. The van der Waals surface area contributed by atoms with Crippen molar-refractivity contribution >= 4 is 29.7 Å². The average molecular weight is 528 g/mol. The van der Waals surface area contributed by atoms with Crippen molar-refractivity contribution in [3.05, 3.63) is 66.2 Å². The summed E-state index contributed by atoms with van der Waals surface area (Å²) in [6, 6.07) is 14.0. The lowest BCUT2D eigenvalue weighted by atomic mass is 10.0. The molecule has 2 aromatic rings. The normalized spacial score (nSPS) is 12.9. The Bertz CT molecular complexity index is 1090. The summed E-state index contributed by atoms with van der Waals surface area (Å²) in [5, 5.41) is 16.5. The average Bonchev–Trinajstić information content (AvgIpc) is 2.89. The molecule has 0 aromatic heterocycles. The number of alkyl carbamates (subject to hydrolysis) is 1. The lowest BCUT2D eigenvalue weighted by Crippen LogP contribution is -2.56. The number of rotatable bonds is 14. The van der Waals surface area contributed by atoms with Crippen molar-refractivity contribution in [3.63, 3.8) is 0 Å². The van der Waals surface area contributed by atoms with Gasteiger partial charge in [-0.15, -0.1) is 0 Å². The molecule has 0 heterocycles. The van der Waals surface area contributed by atoms with Gasteiger partial charge in [-0.05, 0) is 30.5 Å². The number of hydrogen-bond donors (Lipinski definition) is 4. The predicted octanol–water partition coefficient (Wildman–Crippen LogP) is 2.05. The van der Waals surface area contributed by atoms with E-state index in [1.54, 1.807) is 68.4 Å². The minimum atomic E-state index is -1.37. The first kappa shape index (κ1) is 29.8. The lowest BCUT2D eigenvalue weighted by molar-refractivity contribution is -0.141. The second-order valence-corrected chi connectivity index (χ2v) is 8.89. The van der Waals surface area contributed by atoms with Crippen LogP contribution in [0.15, 0.2) is 60.7 Å². The summed E-state index contributed by atoms with van der Waals surface area (Å²) in [4.78, 5) is 61.6. The fourth-order valence-corrected chi connectivity index (χ4v) is 3.28. The molecule has 11 heteroatoms. The fourth-order valence-electron chi connectivity index (χ4n) is 3.28. The molecule has 38 heavy (non-hydrogen) atoms. The van der Waals surface area contributed by atoms with Gasteiger partial charge in [0.25, 0.3) is 0 Å². The summed E-state index contributed by atoms with van der Waals surface area (Å²) in [5.41, 5.74) is 0.776. The van der Waals surface area contributed by atoms with Crippen LogP contribution < -0.4 is 20.7 Å². The van der Waals surface area contributed by atoms with Crippen LogP contribution in [-0.2, 0) is 30.5 Å². The molecule has 4 N–H and O–H groups in total. The highest BCUT2D eigenvalue weighted by Gasteiger charge is 2.30. The molecule has 0 fully saturated rings. The van der Waals surface area contributed by atoms with Crippen molar-refractivity contribution in [1.29, 1.82) is 0 Å². The topological polar surface area (TPSA) is 160 Å². The molecule has 2 rings (SSSR count). The van der Waals surface area contributed by atoms with E-state index >= 15 is 0 Å². The molecule has 0 unspecified atom stereocenters. The van der Waals surface area contributed by atoms with E-state index in [9.17, 15) is 29.1 Å². The summed E-state index contributed by atoms with van der Waals surface area (Å²) in [6.07, 6.45) is -1.46. The van der Waals surface area contributed by atoms with Crippen LogP contribution in [0.5, 0.6) is 5.75 Å².